The summed E-state index contributed by atoms with van der Waals surface area (Å²) in [7, 11) is 0. The van der Waals surface area contributed by atoms with E-state index >= 15 is 0 Å². The highest BCUT2D eigenvalue weighted by Gasteiger charge is 2.33. The Morgan fingerprint density at radius 3 is 2.54 bits per heavy atom. The Morgan fingerprint density at radius 2 is 1.92 bits per heavy atom. The number of carbonyl (C=O) groups excluding carboxylic acids is 1. The molecule has 2 heterocycles. The van der Waals surface area contributed by atoms with E-state index in [0.29, 0.717) is 35.0 Å². The third-order valence-corrected chi connectivity index (χ3v) is 5.60. The highest BCUT2D eigenvalue weighted by atomic mass is 32.2. The van der Waals surface area contributed by atoms with Crippen LogP contribution in [0.3, 0.4) is 0 Å². The van der Waals surface area contributed by atoms with E-state index in [0.717, 1.165) is 18.7 Å². The number of hydrogen-bond acceptors (Lipinski definition) is 5. The van der Waals surface area contributed by atoms with Crippen molar-refractivity contribution in [2.45, 2.75) is 19.8 Å². The van der Waals surface area contributed by atoms with Crippen molar-refractivity contribution < 1.29 is 9.53 Å². The summed E-state index contributed by atoms with van der Waals surface area (Å²) in [6.45, 7) is 8.01. The van der Waals surface area contributed by atoms with Crippen molar-refractivity contribution in [2.24, 2.45) is 0 Å². The van der Waals surface area contributed by atoms with E-state index in [9.17, 15) is 4.79 Å². The van der Waals surface area contributed by atoms with Gasteiger partial charge in [0.05, 0.1) is 24.8 Å². The van der Waals surface area contributed by atoms with E-state index < -0.39 is 0 Å². The monoisotopic (exact) mass is 362 g/mol. The van der Waals surface area contributed by atoms with Crippen LogP contribution in [0.5, 0.6) is 0 Å². The zero-order valence-corrected chi connectivity index (χ0v) is 15.7. The summed E-state index contributed by atoms with van der Waals surface area (Å²) in [5.41, 5.74) is 2.33. The lowest BCUT2D eigenvalue weighted by Crippen LogP contribution is -2.45. The van der Waals surface area contributed by atoms with Gasteiger partial charge in [-0.15, -0.1) is 0 Å². The smallest absolute Gasteiger partial charge is 0.267 e. The van der Waals surface area contributed by atoms with Gasteiger partial charge < -0.3 is 4.74 Å². The first-order chi connectivity index (χ1) is 11.5. The lowest BCUT2D eigenvalue weighted by molar-refractivity contribution is -0.124. The van der Waals surface area contributed by atoms with E-state index in [2.05, 4.69) is 43.0 Å². The molecule has 0 radical (unpaired) electrons. The number of ether oxygens (including phenoxy) is 1. The second-order valence-corrected chi connectivity index (χ2v) is 7.98. The first kappa shape index (κ1) is 17.6. The van der Waals surface area contributed by atoms with Gasteiger partial charge in [0.2, 0.25) is 0 Å². The van der Waals surface area contributed by atoms with Gasteiger partial charge in [-0.1, -0.05) is 62.1 Å². The maximum Gasteiger partial charge on any atom is 0.267 e. The minimum atomic E-state index is 0.00410. The highest BCUT2D eigenvalue weighted by Crippen LogP contribution is 2.32. The largest absolute Gasteiger partial charge is 0.379 e. The van der Waals surface area contributed by atoms with Gasteiger partial charge >= 0.3 is 0 Å². The second kappa shape index (κ2) is 7.78. The van der Waals surface area contributed by atoms with E-state index in [1.54, 1.807) is 4.90 Å². The summed E-state index contributed by atoms with van der Waals surface area (Å²) in [6.07, 6.45) is 1.93. The molecule has 0 unspecified atom stereocenters. The van der Waals surface area contributed by atoms with Crippen LogP contribution in [0.15, 0.2) is 29.2 Å². The number of benzene rings is 1. The first-order valence-electron chi connectivity index (χ1n) is 8.20. The Hall–Kier alpha value is -1.21. The minimum Gasteiger partial charge on any atom is -0.379 e. The van der Waals surface area contributed by atoms with Gasteiger partial charge in [-0.25, -0.2) is 0 Å². The number of thioether (sulfide) groups is 1. The molecular formula is C18H22N2O2S2. The van der Waals surface area contributed by atoms with E-state index in [4.69, 9.17) is 17.0 Å². The summed E-state index contributed by atoms with van der Waals surface area (Å²) in [5, 5.41) is 0. The maximum atomic E-state index is 12.7. The maximum absolute atomic E-state index is 12.7. The molecule has 1 amide bonds. The van der Waals surface area contributed by atoms with Crippen LogP contribution >= 0.6 is 24.0 Å². The Kier molecular flexibility index (Phi) is 5.71. The molecule has 6 heteroatoms. The topological polar surface area (TPSA) is 32.8 Å². The number of carbonyl (C=O) groups is 1. The molecule has 4 nitrogen and oxygen atoms in total. The molecule has 2 aliphatic rings. The third-order valence-electron chi connectivity index (χ3n) is 4.22. The summed E-state index contributed by atoms with van der Waals surface area (Å²) in [4.78, 5) is 17.3. The molecule has 2 aliphatic heterocycles. The number of nitrogens with zero attached hydrogens (tertiary/aromatic N) is 2. The van der Waals surface area contributed by atoms with Crippen LogP contribution < -0.4 is 0 Å². The molecule has 0 spiro atoms. The number of thiocarbonyl (C=S) groups is 1. The molecule has 1 aromatic rings. The average Bonchev–Trinajstić information content (AvgIpc) is 2.84. The molecule has 0 N–H and O–H groups in total. The van der Waals surface area contributed by atoms with Gasteiger partial charge in [-0.05, 0) is 23.1 Å². The predicted octanol–water partition coefficient (Wildman–Crippen LogP) is 3.30. The zero-order valence-electron chi connectivity index (χ0n) is 14.0. The van der Waals surface area contributed by atoms with Crippen molar-refractivity contribution >= 4 is 40.3 Å². The Balaban J connectivity index is 1.70. The van der Waals surface area contributed by atoms with Crippen LogP contribution in [-0.2, 0) is 9.53 Å². The predicted molar refractivity (Wildman–Crippen MR) is 103 cm³/mol. The average molecular weight is 363 g/mol. The first-order valence-corrected chi connectivity index (χ1v) is 9.42. The molecule has 0 aliphatic carbocycles. The molecule has 2 saturated heterocycles. The van der Waals surface area contributed by atoms with Gasteiger partial charge in [0, 0.05) is 13.1 Å². The lowest BCUT2D eigenvalue weighted by atomic mass is 10.0. The number of rotatable bonds is 4. The normalized spacial score (nSPS) is 21.3. The molecule has 128 valence electrons. The number of hydrogen-bond donors (Lipinski definition) is 0. The molecular weight excluding hydrogens is 340 g/mol. The number of amides is 1. The van der Waals surface area contributed by atoms with Crippen LogP contribution in [0.2, 0.25) is 0 Å². The molecule has 0 bridgehead atoms. The zero-order chi connectivity index (χ0) is 17.1. The summed E-state index contributed by atoms with van der Waals surface area (Å²) >= 11 is 6.79. The van der Waals surface area contributed by atoms with E-state index in [1.807, 2.05) is 6.08 Å². The van der Waals surface area contributed by atoms with E-state index in [1.165, 1.54) is 17.3 Å². The molecule has 0 atom stereocenters. The molecule has 24 heavy (non-hydrogen) atoms. The van der Waals surface area contributed by atoms with Gasteiger partial charge in [0.25, 0.3) is 5.91 Å². The quantitative estimate of drug-likeness (QED) is 0.606. The van der Waals surface area contributed by atoms with Crippen molar-refractivity contribution in [2.75, 3.05) is 33.0 Å². The summed E-state index contributed by atoms with van der Waals surface area (Å²) in [5.74, 6) is 0.509. The van der Waals surface area contributed by atoms with Crippen LogP contribution in [0, 0.1) is 0 Å². The van der Waals surface area contributed by atoms with Gasteiger partial charge in [-0.3, -0.25) is 14.6 Å². The van der Waals surface area contributed by atoms with Crippen molar-refractivity contribution in [3.8, 4) is 0 Å². The third kappa shape index (κ3) is 4.06. The van der Waals surface area contributed by atoms with Gasteiger partial charge in [0.1, 0.15) is 4.32 Å². The summed E-state index contributed by atoms with van der Waals surface area (Å²) in [6, 6.07) is 8.35. The molecule has 0 saturated carbocycles. The van der Waals surface area contributed by atoms with Crippen molar-refractivity contribution in [3.63, 3.8) is 0 Å². The SMILES string of the molecule is CC(C)c1ccc(/C=C2\SC(=S)N(CN3CCOCC3)C2=O)cc1. The highest BCUT2D eigenvalue weighted by molar-refractivity contribution is 8.26. The van der Waals surface area contributed by atoms with Crippen LogP contribution in [-0.4, -0.2) is 53.0 Å². The van der Waals surface area contributed by atoms with Gasteiger partial charge in [-0.2, -0.15) is 0 Å². The Morgan fingerprint density at radius 1 is 1.25 bits per heavy atom. The van der Waals surface area contributed by atoms with Crippen molar-refractivity contribution in [3.05, 3.63) is 40.3 Å². The summed E-state index contributed by atoms with van der Waals surface area (Å²) < 4.78 is 5.99. The number of morpholine rings is 1. The fourth-order valence-electron chi connectivity index (χ4n) is 2.69. The standard InChI is InChI=1S/C18H22N2O2S2/c1-13(2)15-5-3-14(4-6-15)11-16-17(21)20(18(23)24-16)12-19-7-9-22-10-8-19/h3-6,11,13H,7-10,12H2,1-2H3/b16-11-. The van der Waals surface area contributed by atoms with Crippen LogP contribution in [0.4, 0.5) is 0 Å². The Labute approximate surface area is 152 Å². The fraction of sp³-hybridized carbons (Fsp3) is 0.444. The second-order valence-electron chi connectivity index (χ2n) is 6.30. The van der Waals surface area contributed by atoms with Crippen LogP contribution in [0.1, 0.15) is 30.9 Å². The van der Waals surface area contributed by atoms with Gasteiger partial charge in [0.15, 0.2) is 0 Å². The minimum absolute atomic E-state index is 0.00410. The lowest BCUT2D eigenvalue weighted by Gasteiger charge is -2.29. The fourth-order valence-corrected chi connectivity index (χ4v) is 3.93. The Bertz CT molecular complexity index is 649. The molecule has 3 rings (SSSR count). The molecule has 1 aromatic carbocycles. The molecule has 2 fully saturated rings. The molecule has 0 aromatic heterocycles. The van der Waals surface area contributed by atoms with Crippen molar-refractivity contribution in [1.29, 1.82) is 0 Å². The van der Waals surface area contributed by atoms with Crippen LogP contribution in [0.25, 0.3) is 6.08 Å². The van der Waals surface area contributed by atoms with E-state index in [-0.39, 0.29) is 5.91 Å². The van der Waals surface area contributed by atoms with Crippen molar-refractivity contribution in [1.82, 2.24) is 9.80 Å².